The number of carbonyl (C=O) groups excluding carboxylic acids is 1. The normalized spacial score (nSPS) is 35.7. The van der Waals surface area contributed by atoms with Crippen LogP contribution < -0.4 is 10.6 Å². The minimum atomic E-state index is 0.214. The number of hydrogen-bond acceptors (Lipinski definition) is 2. The van der Waals surface area contributed by atoms with Crippen molar-refractivity contribution in [3.8, 4) is 0 Å². The van der Waals surface area contributed by atoms with E-state index >= 15 is 0 Å². The third-order valence-corrected chi connectivity index (χ3v) is 3.95. The van der Waals surface area contributed by atoms with Crippen LogP contribution in [0.15, 0.2) is 0 Å². The van der Waals surface area contributed by atoms with E-state index in [1.165, 1.54) is 25.7 Å². The summed E-state index contributed by atoms with van der Waals surface area (Å²) >= 11 is 0. The Labute approximate surface area is 98.4 Å². The number of piperidine rings is 1. The van der Waals surface area contributed by atoms with E-state index in [0.29, 0.717) is 6.04 Å². The van der Waals surface area contributed by atoms with E-state index in [1.54, 1.807) is 0 Å². The second-order valence-electron chi connectivity index (χ2n) is 5.52. The maximum atomic E-state index is 12.0. The molecule has 2 fully saturated rings. The average Bonchev–Trinajstić information content (AvgIpc) is 2.30. The maximum Gasteiger partial charge on any atom is 0.224 e. The highest BCUT2D eigenvalue weighted by atomic mass is 16.2. The molecule has 0 spiro atoms. The van der Waals surface area contributed by atoms with Crippen molar-refractivity contribution in [2.75, 3.05) is 13.1 Å². The molecule has 16 heavy (non-hydrogen) atoms. The van der Waals surface area contributed by atoms with Gasteiger partial charge in [-0.15, -0.1) is 0 Å². The molecule has 1 aliphatic carbocycles. The van der Waals surface area contributed by atoms with Gasteiger partial charge in [0.2, 0.25) is 5.91 Å². The number of nitrogens with one attached hydrogen (secondary N) is 2. The molecular formula is C13H24N2O. The summed E-state index contributed by atoms with van der Waals surface area (Å²) in [6, 6.07) is 0.443. The van der Waals surface area contributed by atoms with Gasteiger partial charge in [0.1, 0.15) is 0 Å². The molecule has 1 saturated carbocycles. The van der Waals surface area contributed by atoms with Crippen molar-refractivity contribution in [2.24, 2.45) is 11.8 Å². The summed E-state index contributed by atoms with van der Waals surface area (Å²) in [6.45, 7) is 4.23. The van der Waals surface area contributed by atoms with Crippen molar-refractivity contribution in [3.05, 3.63) is 0 Å². The number of amides is 1. The van der Waals surface area contributed by atoms with Crippen molar-refractivity contribution >= 4 is 5.91 Å². The minimum absolute atomic E-state index is 0.214. The van der Waals surface area contributed by atoms with Crippen LogP contribution >= 0.6 is 0 Å². The summed E-state index contributed by atoms with van der Waals surface area (Å²) in [5.41, 5.74) is 0. The Bertz CT molecular complexity index is 236. The molecular weight excluding hydrogens is 200 g/mol. The van der Waals surface area contributed by atoms with Crippen LogP contribution in [0.5, 0.6) is 0 Å². The number of rotatable bonds is 2. The second-order valence-corrected chi connectivity index (χ2v) is 5.52. The molecule has 2 aliphatic rings. The lowest BCUT2D eigenvalue weighted by atomic mass is 9.86. The van der Waals surface area contributed by atoms with Gasteiger partial charge in [0.25, 0.3) is 0 Å². The van der Waals surface area contributed by atoms with Gasteiger partial charge in [-0.3, -0.25) is 4.79 Å². The van der Waals surface area contributed by atoms with Crippen LogP contribution in [0.1, 0.15) is 45.4 Å². The van der Waals surface area contributed by atoms with Crippen LogP contribution in [0.3, 0.4) is 0 Å². The molecule has 0 aromatic rings. The lowest BCUT2D eigenvalue weighted by Crippen LogP contribution is -2.45. The van der Waals surface area contributed by atoms with Gasteiger partial charge in [0.15, 0.2) is 0 Å². The van der Waals surface area contributed by atoms with E-state index in [9.17, 15) is 4.79 Å². The quantitative estimate of drug-likeness (QED) is 0.749. The molecule has 0 aromatic heterocycles. The first-order valence-electron chi connectivity index (χ1n) is 6.77. The van der Waals surface area contributed by atoms with Crippen LogP contribution in [-0.4, -0.2) is 25.0 Å². The largest absolute Gasteiger partial charge is 0.353 e. The van der Waals surface area contributed by atoms with Crippen LogP contribution in [-0.2, 0) is 4.79 Å². The van der Waals surface area contributed by atoms with Gasteiger partial charge in [-0.25, -0.2) is 0 Å². The van der Waals surface area contributed by atoms with E-state index < -0.39 is 0 Å². The smallest absolute Gasteiger partial charge is 0.224 e. The van der Waals surface area contributed by atoms with Gasteiger partial charge in [-0.2, -0.15) is 0 Å². The predicted molar refractivity (Wildman–Crippen MR) is 65.2 cm³/mol. The van der Waals surface area contributed by atoms with Gasteiger partial charge in [-0.05, 0) is 38.1 Å². The molecule has 0 radical (unpaired) electrons. The van der Waals surface area contributed by atoms with Crippen molar-refractivity contribution in [1.29, 1.82) is 0 Å². The van der Waals surface area contributed by atoms with Gasteiger partial charge >= 0.3 is 0 Å². The van der Waals surface area contributed by atoms with Crippen LogP contribution in [0.25, 0.3) is 0 Å². The first-order valence-corrected chi connectivity index (χ1v) is 6.77. The Morgan fingerprint density at radius 3 is 2.81 bits per heavy atom. The standard InChI is InChI=1S/C13H24N2O/c1-10-4-2-6-12(8-10)15-13(16)11-5-3-7-14-9-11/h10-12,14H,2-9H2,1H3,(H,15,16)/t10?,11-,12?/m0/s1. The highest BCUT2D eigenvalue weighted by Crippen LogP contribution is 2.24. The maximum absolute atomic E-state index is 12.0. The number of hydrogen-bond donors (Lipinski definition) is 2. The Kier molecular flexibility index (Phi) is 4.22. The van der Waals surface area contributed by atoms with E-state index in [4.69, 9.17) is 0 Å². The molecule has 0 aromatic carbocycles. The second kappa shape index (κ2) is 5.67. The van der Waals surface area contributed by atoms with Crippen molar-refractivity contribution in [3.63, 3.8) is 0 Å². The fourth-order valence-electron chi connectivity index (χ4n) is 2.96. The van der Waals surface area contributed by atoms with Gasteiger partial charge < -0.3 is 10.6 Å². The zero-order valence-electron chi connectivity index (χ0n) is 10.3. The molecule has 2 N–H and O–H groups in total. The highest BCUT2D eigenvalue weighted by molar-refractivity contribution is 5.79. The summed E-state index contributed by atoms with van der Waals surface area (Å²) in [5, 5.41) is 6.54. The average molecular weight is 224 g/mol. The SMILES string of the molecule is CC1CCCC(NC(=O)[C@H]2CCCNC2)C1. The summed E-state index contributed by atoms with van der Waals surface area (Å²) in [4.78, 5) is 12.0. The lowest BCUT2D eigenvalue weighted by Gasteiger charge is -2.30. The Morgan fingerprint density at radius 1 is 1.25 bits per heavy atom. The van der Waals surface area contributed by atoms with Gasteiger partial charge in [0, 0.05) is 12.6 Å². The fourth-order valence-corrected chi connectivity index (χ4v) is 2.96. The first kappa shape index (κ1) is 11.9. The van der Waals surface area contributed by atoms with Crippen molar-refractivity contribution in [2.45, 2.75) is 51.5 Å². The molecule has 1 aliphatic heterocycles. The molecule has 92 valence electrons. The molecule has 1 heterocycles. The van der Waals surface area contributed by atoms with Gasteiger partial charge in [0.05, 0.1) is 5.92 Å². The monoisotopic (exact) mass is 224 g/mol. The van der Waals surface area contributed by atoms with E-state index in [-0.39, 0.29) is 11.8 Å². The summed E-state index contributed by atoms with van der Waals surface area (Å²) in [5.74, 6) is 1.28. The Morgan fingerprint density at radius 2 is 2.12 bits per heavy atom. The third kappa shape index (κ3) is 3.21. The zero-order chi connectivity index (χ0) is 11.4. The molecule has 1 saturated heterocycles. The van der Waals surface area contributed by atoms with Gasteiger partial charge in [-0.1, -0.05) is 19.8 Å². The summed E-state index contributed by atoms with van der Waals surface area (Å²) in [7, 11) is 0. The number of carbonyl (C=O) groups is 1. The molecule has 3 nitrogen and oxygen atoms in total. The Hall–Kier alpha value is -0.570. The summed E-state index contributed by atoms with van der Waals surface area (Å²) < 4.78 is 0. The summed E-state index contributed by atoms with van der Waals surface area (Å²) in [6.07, 6.45) is 7.15. The van der Waals surface area contributed by atoms with Crippen LogP contribution in [0, 0.1) is 11.8 Å². The molecule has 2 unspecified atom stereocenters. The van der Waals surface area contributed by atoms with Crippen LogP contribution in [0.2, 0.25) is 0 Å². The van der Waals surface area contributed by atoms with Crippen molar-refractivity contribution < 1.29 is 4.79 Å². The third-order valence-electron chi connectivity index (χ3n) is 3.95. The predicted octanol–water partition coefficient (Wildman–Crippen LogP) is 1.68. The topological polar surface area (TPSA) is 41.1 Å². The Balaban J connectivity index is 1.77. The molecule has 2 rings (SSSR count). The van der Waals surface area contributed by atoms with E-state index in [2.05, 4.69) is 17.6 Å². The lowest BCUT2D eigenvalue weighted by molar-refractivity contribution is -0.126. The first-order chi connectivity index (χ1) is 7.75. The zero-order valence-corrected chi connectivity index (χ0v) is 10.3. The van der Waals surface area contributed by atoms with E-state index in [1.807, 2.05) is 0 Å². The molecule has 3 heteroatoms. The minimum Gasteiger partial charge on any atom is -0.353 e. The molecule has 1 amide bonds. The molecule has 0 bridgehead atoms. The van der Waals surface area contributed by atoms with Crippen LogP contribution in [0.4, 0.5) is 0 Å². The van der Waals surface area contributed by atoms with E-state index in [0.717, 1.165) is 31.8 Å². The fraction of sp³-hybridized carbons (Fsp3) is 0.923. The highest BCUT2D eigenvalue weighted by Gasteiger charge is 2.25. The molecule has 3 atom stereocenters. The van der Waals surface area contributed by atoms with Crippen molar-refractivity contribution in [1.82, 2.24) is 10.6 Å².